The van der Waals surface area contributed by atoms with Gasteiger partial charge in [-0.3, -0.25) is 4.79 Å². The summed E-state index contributed by atoms with van der Waals surface area (Å²) in [6.07, 6.45) is 2.82. The summed E-state index contributed by atoms with van der Waals surface area (Å²) in [6, 6.07) is 3.24. The van der Waals surface area contributed by atoms with Gasteiger partial charge in [-0.15, -0.1) is 11.3 Å². The van der Waals surface area contributed by atoms with Crippen LogP contribution < -0.4 is 15.8 Å². The molecule has 1 aromatic heterocycles. The molecule has 2 rings (SSSR count). The zero-order chi connectivity index (χ0) is 15.5. The molecule has 0 bridgehead atoms. The smallest absolute Gasteiger partial charge is 0.250 e. The summed E-state index contributed by atoms with van der Waals surface area (Å²) in [5.74, 6) is 0.0845. The topological polar surface area (TPSA) is 101 Å². The van der Waals surface area contributed by atoms with E-state index in [1.807, 2.05) is 0 Å². The lowest BCUT2D eigenvalue weighted by atomic mass is 10.1. The lowest BCUT2D eigenvalue weighted by Crippen LogP contribution is -2.39. The first kappa shape index (κ1) is 16.4. The predicted molar refractivity (Wildman–Crippen MR) is 82.3 cm³/mol. The second-order valence-electron chi connectivity index (χ2n) is 5.28. The Morgan fingerprint density at radius 3 is 2.86 bits per heavy atom. The van der Waals surface area contributed by atoms with Crippen LogP contribution in [0.4, 0.5) is 0 Å². The maximum absolute atomic E-state index is 12.4. The summed E-state index contributed by atoms with van der Waals surface area (Å²) in [4.78, 5) is 11.7. The van der Waals surface area contributed by atoms with Crippen molar-refractivity contribution in [2.45, 2.75) is 43.0 Å². The van der Waals surface area contributed by atoms with Crippen LogP contribution in [0.5, 0.6) is 0 Å². The summed E-state index contributed by atoms with van der Waals surface area (Å²) in [6.45, 7) is 2.29. The Morgan fingerprint density at radius 1 is 1.43 bits per heavy atom. The normalized spacial score (nSPS) is 22.4. The van der Waals surface area contributed by atoms with Crippen molar-refractivity contribution in [3.8, 4) is 0 Å². The largest absolute Gasteiger partial charge is 0.351 e. The van der Waals surface area contributed by atoms with Gasteiger partial charge in [0.25, 0.3) is 0 Å². The molecule has 118 valence electrons. The molecule has 2 atom stereocenters. The van der Waals surface area contributed by atoms with Gasteiger partial charge in [-0.05, 0) is 37.4 Å². The molecule has 0 saturated heterocycles. The number of amides is 1. The van der Waals surface area contributed by atoms with E-state index < -0.39 is 10.0 Å². The van der Waals surface area contributed by atoms with Crippen molar-refractivity contribution in [2.75, 3.05) is 6.54 Å². The average molecular weight is 331 g/mol. The summed E-state index contributed by atoms with van der Waals surface area (Å²) in [7, 11) is -3.50. The minimum atomic E-state index is -3.50. The molecule has 1 heterocycles. The lowest BCUT2D eigenvalue weighted by Gasteiger charge is -2.18. The SMILES string of the molecule is CC(=O)NCc1ccc(S(=O)(=O)NC2CCCC2CN)s1. The molecule has 1 amide bonds. The van der Waals surface area contributed by atoms with Crippen LogP contribution in [0.1, 0.15) is 31.1 Å². The fourth-order valence-electron chi connectivity index (χ4n) is 2.54. The van der Waals surface area contributed by atoms with Gasteiger partial charge in [0.15, 0.2) is 0 Å². The standard InChI is InChI=1S/C13H21N3O3S2/c1-9(17)15-8-11-5-6-13(20-11)21(18,19)16-12-4-2-3-10(12)7-14/h5-6,10,12,16H,2-4,7-8,14H2,1H3,(H,15,17). The number of carbonyl (C=O) groups is 1. The van der Waals surface area contributed by atoms with E-state index in [2.05, 4.69) is 10.0 Å². The molecule has 4 N–H and O–H groups in total. The van der Waals surface area contributed by atoms with Gasteiger partial charge >= 0.3 is 0 Å². The van der Waals surface area contributed by atoms with Crippen LogP contribution in [0, 0.1) is 5.92 Å². The molecule has 6 nitrogen and oxygen atoms in total. The van der Waals surface area contributed by atoms with Crippen LogP contribution in [-0.4, -0.2) is 26.9 Å². The zero-order valence-electron chi connectivity index (χ0n) is 12.0. The zero-order valence-corrected chi connectivity index (χ0v) is 13.6. The van der Waals surface area contributed by atoms with E-state index in [4.69, 9.17) is 5.73 Å². The van der Waals surface area contributed by atoms with Gasteiger partial charge in [0.2, 0.25) is 15.9 Å². The first-order valence-corrected chi connectivity index (χ1v) is 9.28. The Kier molecular flexibility index (Phi) is 5.37. The van der Waals surface area contributed by atoms with Gasteiger partial charge in [-0.2, -0.15) is 0 Å². The third-order valence-corrected chi connectivity index (χ3v) is 6.75. The average Bonchev–Trinajstić information content (AvgIpc) is 3.04. The second kappa shape index (κ2) is 6.87. The molecule has 0 aromatic carbocycles. The molecular formula is C13H21N3O3S2. The van der Waals surface area contributed by atoms with Crippen molar-refractivity contribution in [2.24, 2.45) is 11.7 Å². The number of rotatable bonds is 6. The number of hydrogen-bond acceptors (Lipinski definition) is 5. The van der Waals surface area contributed by atoms with E-state index in [0.717, 1.165) is 24.1 Å². The molecule has 1 aliphatic rings. The molecule has 2 unspecified atom stereocenters. The van der Waals surface area contributed by atoms with E-state index in [1.54, 1.807) is 12.1 Å². The van der Waals surface area contributed by atoms with E-state index in [0.29, 0.717) is 13.1 Å². The molecule has 1 aliphatic carbocycles. The van der Waals surface area contributed by atoms with Crippen LogP contribution in [0.25, 0.3) is 0 Å². The third kappa shape index (κ3) is 4.26. The van der Waals surface area contributed by atoms with Crippen molar-refractivity contribution >= 4 is 27.3 Å². The Balaban J connectivity index is 2.04. The minimum Gasteiger partial charge on any atom is -0.351 e. The van der Waals surface area contributed by atoms with Crippen LogP contribution in [0.2, 0.25) is 0 Å². The van der Waals surface area contributed by atoms with Gasteiger partial charge in [0, 0.05) is 17.8 Å². The molecule has 8 heteroatoms. The fraction of sp³-hybridized carbons (Fsp3) is 0.615. The first-order chi connectivity index (χ1) is 9.92. The number of hydrogen-bond donors (Lipinski definition) is 3. The molecule has 0 aliphatic heterocycles. The Labute approximate surface area is 129 Å². The number of nitrogens with one attached hydrogen (secondary N) is 2. The third-order valence-electron chi connectivity index (χ3n) is 3.68. The monoisotopic (exact) mass is 331 g/mol. The molecule has 21 heavy (non-hydrogen) atoms. The lowest BCUT2D eigenvalue weighted by molar-refractivity contribution is -0.119. The van der Waals surface area contributed by atoms with Crippen LogP contribution in [0.15, 0.2) is 16.3 Å². The van der Waals surface area contributed by atoms with Gasteiger partial charge in [0.1, 0.15) is 4.21 Å². The Morgan fingerprint density at radius 2 is 2.19 bits per heavy atom. The van der Waals surface area contributed by atoms with Gasteiger partial charge in [-0.1, -0.05) is 6.42 Å². The molecule has 1 fully saturated rings. The van der Waals surface area contributed by atoms with Gasteiger partial charge in [0.05, 0.1) is 6.54 Å². The fourth-order valence-corrected chi connectivity index (χ4v) is 5.19. The molecule has 0 radical (unpaired) electrons. The molecule has 1 saturated carbocycles. The van der Waals surface area contributed by atoms with Crippen molar-refractivity contribution in [1.82, 2.24) is 10.0 Å². The van der Waals surface area contributed by atoms with E-state index in [-0.39, 0.29) is 22.1 Å². The molecular weight excluding hydrogens is 310 g/mol. The highest BCUT2D eigenvalue weighted by Crippen LogP contribution is 2.28. The maximum atomic E-state index is 12.4. The second-order valence-corrected chi connectivity index (χ2v) is 8.39. The van der Waals surface area contributed by atoms with E-state index in [9.17, 15) is 13.2 Å². The van der Waals surface area contributed by atoms with Crippen molar-refractivity contribution in [3.63, 3.8) is 0 Å². The Hall–Kier alpha value is -0.960. The number of carbonyl (C=O) groups excluding carboxylic acids is 1. The number of thiophene rings is 1. The summed E-state index contributed by atoms with van der Waals surface area (Å²) >= 11 is 1.18. The quantitative estimate of drug-likeness (QED) is 0.717. The van der Waals surface area contributed by atoms with Crippen LogP contribution in [-0.2, 0) is 21.4 Å². The van der Waals surface area contributed by atoms with Crippen molar-refractivity contribution in [3.05, 3.63) is 17.0 Å². The predicted octanol–water partition coefficient (Wildman–Crippen LogP) is 0.790. The van der Waals surface area contributed by atoms with Crippen LogP contribution >= 0.6 is 11.3 Å². The number of sulfonamides is 1. The molecule has 1 aromatic rings. The summed E-state index contributed by atoms with van der Waals surface area (Å²) < 4.78 is 27.8. The molecule has 0 spiro atoms. The van der Waals surface area contributed by atoms with E-state index in [1.165, 1.54) is 18.3 Å². The Bertz CT molecular complexity index is 598. The van der Waals surface area contributed by atoms with E-state index >= 15 is 0 Å². The van der Waals surface area contributed by atoms with Gasteiger partial charge < -0.3 is 11.1 Å². The maximum Gasteiger partial charge on any atom is 0.250 e. The highest BCUT2D eigenvalue weighted by Gasteiger charge is 2.30. The highest BCUT2D eigenvalue weighted by molar-refractivity contribution is 7.91. The summed E-state index contributed by atoms with van der Waals surface area (Å²) in [5, 5.41) is 2.66. The van der Waals surface area contributed by atoms with Crippen LogP contribution in [0.3, 0.4) is 0 Å². The van der Waals surface area contributed by atoms with Gasteiger partial charge in [-0.25, -0.2) is 13.1 Å². The number of nitrogens with two attached hydrogens (primary N) is 1. The van der Waals surface area contributed by atoms with Crippen molar-refractivity contribution in [1.29, 1.82) is 0 Å². The highest BCUT2D eigenvalue weighted by atomic mass is 32.2. The first-order valence-electron chi connectivity index (χ1n) is 6.98. The van der Waals surface area contributed by atoms with Crippen molar-refractivity contribution < 1.29 is 13.2 Å². The summed E-state index contributed by atoms with van der Waals surface area (Å²) in [5.41, 5.74) is 5.68. The minimum absolute atomic E-state index is 0.0686.